The van der Waals surface area contributed by atoms with Crippen molar-refractivity contribution in [2.75, 3.05) is 13.2 Å². The number of hydrogen-bond donors (Lipinski definition) is 2. The first-order valence-corrected chi connectivity index (χ1v) is 4.58. The normalized spacial score (nSPS) is 39.4. The molecule has 0 aromatic heterocycles. The fraction of sp³-hybridized carbons (Fsp3) is 0.778. The summed E-state index contributed by atoms with van der Waals surface area (Å²) in [5.74, 6) is -1.01. The van der Waals surface area contributed by atoms with Gasteiger partial charge in [0.2, 0.25) is 5.91 Å². The van der Waals surface area contributed by atoms with Crippen LogP contribution in [0.2, 0.25) is 0 Å². The maximum absolute atomic E-state index is 11.2. The molecule has 2 heterocycles. The molecule has 0 aromatic rings. The van der Waals surface area contributed by atoms with Crippen molar-refractivity contribution >= 4 is 11.9 Å². The average molecular weight is 199 g/mol. The molecule has 0 unspecified atom stereocenters. The summed E-state index contributed by atoms with van der Waals surface area (Å²) in [4.78, 5) is 23.7. The van der Waals surface area contributed by atoms with Gasteiger partial charge < -0.3 is 15.1 Å². The summed E-state index contributed by atoms with van der Waals surface area (Å²) in [6.45, 7) is 1.52. The minimum atomic E-state index is -0.856. The fourth-order valence-corrected chi connectivity index (χ4v) is 2.84. The molecule has 3 aliphatic rings. The van der Waals surface area contributed by atoms with Gasteiger partial charge in [0, 0.05) is 13.5 Å². The van der Waals surface area contributed by atoms with Crippen LogP contribution in [-0.2, 0) is 9.59 Å². The maximum atomic E-state index is 11.2. The predicted molar refractivity (Wildman–Crippen MR) is 46.5 cm³/mol. The molecule has 0 radical (unpaired) electrons. The van der Waals surface area contributed by atoms with Crippen molar-refractivity contribution in [1.29, 1.82) is 0 Å². The largest absolute Gasteiger partial charge is 0.481 e. The van der Waals surface area contributed by atoms with E-state index in [1.807, 2.05) is 0 Å². The summed E-state index contributed by atoms with van der Waals surface area (Å²) in [5, 5.41) is 18.2. The number of carbonyl (C=O) groups is 2. The number of carboxylic acids is 1. The standard InChI is InChI=1S/C9H13NO4/c1-6(12)10-4-8(7(13)14)2-9(10,3-8)5-11/h11H,2-5H2,1H3,(H,13,14). The van der Waals surface area contributed by atoms with E-state index in [0.717, 1.165) is 0 Å². The molecule has 14 heavy (non-hydrogen) atoms. The lowest BCUT2D eigenvalue weighted by Gasteiger charge is -2.44. The number of aliphatic hydroxyl groups excluding tert-OH is 1. The third-order valence-corrected chi connectivity index (χ3v) is 3.50. The second kappa shape index (κ2) is 2.48. The number of nitrogens with zero attached hydrogens (tertiary/aromatic N) is 1. The van der Waals surface area contributed by atoms with Gasteiger partial charge in [-0.1, -0.05) is 0 Å². The Morgan fingerprint density at radius 2 is 2.00 bits per heavy atom. The number of carbonyl (C=O) groups excluding carboxylic acids is 1. The second-order valence-electron chi connectivity index (χ2n) is 4.43. The van der Waals surface area contributed by atoms with E-state index in [9.17, 15) is 14.7 Å². The van der Waals surface area contributed by atoms with Crippen molar-refractivity contribution in [2.45, 2.75) is 25.3 Å². The Morgan fingerprint density at radius 3 is 2.29 bits per heavy atom. The monoisotopic (exact) mass is 199 g/mol. The Balaban J connectivity index is 2.26. The molecule has 0 atom stereocenters. The Labute approximate surface area is 81.3 Å². The Kier molecular flexibility index (Phi) is 1.67. The van der Waals surface area contributed by atoms with E-state index in [1.54, 1.807) is 0 Å². The van der Waals surface area contributed by atoms with Crippen LogP contribution in [-0.4, -0.2) is 45.7 Å². The molecule has 0 spiro atoms. The predicted octanol–water partition coefficient (Wildman–Crippen LogP) is -0.556. The Bertz CT molecular complexity index is 306. The van der Waals surface area contributed by atoms with Crippen LogP contribution >= 0.6 is 0 Å². The number of aliphatic carboxylic acids is 1. The Hall–Kier alpha value is -1.10. The van der Waals surface area contributed by atoms with Gasteiger partial charge in [0.05, 0.1) is 17.6 Å². The summed E-state index contributed by atoms with van der Waals surface area (Å²) in [6.07, 6.45) is 0.789. The minimum absolute atomic E-state index is 0.137. The molecule has 5 heteroatoms. The molecule has 1 aliphatic carbocycles. The summed E-state index contributed by atoms with van der Waals surface area (Å²) in [7, 11) is 0. The van der Waals surface area contributed by atoms with Gasteiger partial charge in [-0.25, -0.2) is 0 Å². The maximum Gasteiger partial charge on any atom is 0.311 e. The first-order chi connectivity index (χ1) is 6.46. The topological polar surface area (TPSA) is 77.8 Å². The summed E-state index contributed by atoms with van der Waals surface area (Å²) in [5.41, 5.74) is -1.36. The van der Waals surface area contributed by atoms with Crippen molar-refractivity contribution in [3.05, 3.63) is 0 Å². The number of aliphatic hydroxyl groups is 1. The summed E-state index contributed by atoms with van der Waals surface area (Å²) < 4.78 is 0. The highest BCUT2D eigenvalue weighted by molar-refractivity contribution is 5.83. The molecule has 3 fully saturated rings. The van der Waals surface area contributed by atoms with Gasteiger partial charge >= 0.3 is 5.97 Å². The van der Waals surface area contributed by atoms with Crippen molar-refractivity contribution in [2.24, 2.45) is 5.41 Å². The molecule has 78 valence electrons. The highest BCUT2D eigenvalue weighted by atomic mass is 16.4. The Morgan fingerprint density at radius 1 is 1.43 bits per heavy atom. The molecule has 2 aliphatic heterocycles. The summed E-state index contributed by atoms with van der Waals surface area (Å²) in [6, 6.07) is 0. The zero-order valence-electron chi connectivity index (χ0n) is 7.99. The van der Waals surface area contributed by atoms with Crippen molar-refractivity contribution in [3.63, 3.8) is 0 Å². The molecule has 2 N–H and O–H groups in total. The zero-order valence-corrected chi connectivity index (χ0v) is 7.99. The molecule has 0 aromatic carbocycles. The van der Waals surface area contributed by atoms with E-state index < -0.39 is 16.9 Å². The third-order valence-electron chi connectivity index (χ3n) is 3.50. The minimum Gasteiger partial charge on any atom is -0.481 e. The van der Waals surface area contributed by atoms with E-state index in [4.69, 9.17) is 5.11 Å². The first-order valence-electron chi connectivity index (χ1n) is 4.58. The van der Waals surface area contributed by atoms with Crippen LogP contribution < -0.4 is 0 Å². The van der Waals surface area contributed by atoms with Gasteiger partial charge in [-0.05, 0) is 12.8 Å². The molecular formula is C9H13NO4. The van der Waals surface area contributed by atoms with Crippen LogP contribution in [0.5, 0.6) is 0 Å². The lowest BCUT2D eigenvalue weighted by molar-refractivity contribution is -0.155. The van der Waals surface area contributed by atoms with Crippen molar-refractivity contribution in [3.8, 4) is 0 Å². The summed E-state index contributed by atoms with van der Waals surface area (Å²) >= 11 is 0. The molecule has 2 bridgehead atoms. The van der Waals surface area contributed by atoms with Gasteiger partial charge in [-0.15, -0.1) is 0 Å². The second-order valence-corrected chi connectivity index (χ2v) is 4.43. The number of carboxylic acid groups (broad SMARTS) is 1. The van der Waals surface area contributed by atoms with Crippen LogP contribution in [0, 0.1) is 5.41 Å². The SMILES string of the molecule is CC(=O)N1CC2(C(=O)O)CC1(CO)C2. The third kappa shape index (κ3) is 0.877. The van der Waals surface area contributed by atoms with Gasteiger partial charge in [0.1, 0.15) is 0 Å². The van der Waals surface area contributed by atoms with Crippen molar-refractivity contribution in [1.82, 2.24) is 4.90 Å². The first kappa shape index (κ1) is 9.45. The lowest BCUT2D eigenvalue weighted by atomic mass is 9.62. The van der Waals surface area contributed by atoms with E-state index in [-0.39, 0.29) is 19.1 Å². The van der Waals surface area contributed by atoms with Gasteiger partial charge in [-0.3, -0.25) is 9.59 Å². The van der Waals surface area contributed by atoms with E-state index in [0.29, 0.717) is 12.8 Å². The van der Waals surface area contributed by atoms with Gasteiger partial charge in [0.25, 0.3) is 0 Å². The van der Waals surface area contributed by atoms with E-state index in [2.05, 4.69) is 0 Å². The van der Waals surface area contributed by atoms with Crippen LogP contribution in [0.4, 0.5) is 0 Å². The lowest BCUT2D eigenvalue weighted by Crippen LogP contribution is -2.55. The fourth-order valence-electron chi connectivity index (χ4n) is 2.84. The van der Waals surface area contributed by atoms with Crippen LogP contribution in [0.15, 0.2) is 0 Å². The van der Waals surface area contributed by atoms with Gasteiger partial charge in [0.15, 0.2) is 0 Å². The van der Waals surface area contributed by atoms with Gasteiger partial charge in [-0.2, -0.15) is 0 Å². The number of fused-ring (bicyclic) bond motifs is 1. The zero-order chi connectivity index (χ0) is 10.6. The van der Waals surface area contributed by atoms with E-state index in [1.165, 1.54) is 11.8 Å². The smallest absolute Gasteiger partial charge is 0.311 e. The van der Waals surface area contributed by atoms with Crippen LogP contribution in [0.1, 0.15) is 19.8 Å². The average Bonchev–Trinajstić information content (AvgIpc) is 2.53. The molecule has 5 nitrogen and oxygen atoms in total. The highest BCUT2D eigenvalue weighted by Crippen LogP contribution is 2.59. The van der Waals surface area contributed by atoms with Crippen molar-refractivity contribution < 1.29 is 19.8 Å². The molecular weight excluding hydrogens is 186 g/mol. The van der Waals surface area contributed by atoms with E-state index >= 15 is 0 Å². The molecule has 2 saturated heterocycles. The number of hydrogen-bond acceptors (Lipinski definition) is 3. The molecule has 3 rings (SSSR count). The van der Waals surface area contributed by atoms with Crippen LogP contribution in [0.25, 0.3) is 0 Å². The molecule has 1 amide bonds. The molecule has 1 saturated carbocycles. The quantitative estimate of drug-likeness (QED) is 0.625. The number of amides is 1. The van der Waals surface area contributed by atoms with Crippen LogP contribution in [0.3, 0.4) is 0 Å². The highest BCUT2D eigenvalue weighted by Gasteiger charge is 2.69. The number of rotatable bonds is 2.